The second-order valence-electron chi connectivity index (χ2n) is 4.27. The molecule has 1 aromatic carbocycles. The summed E-state index contributed by atoms with van der Waals surface area (Å²) in [4.78, 5) is 0.582. The summed E-state index contributed by atoms with van der Waals surface area (Å²) in [6.07, 6.45) is -3.47. The van der Waals surface area contributed by atoms with Crippen LogP contribution in [0.2, 0.25) is 0 Å². The molecule has 0 radical (unpaired) electrons. The lowest BCUT2D eigenvalue weighted by atomic mass is 10.2. The van der Waals surface area contributed by atoms with Crippen molar-refractivity contribution >= 4 is 17.4 Å². The highest BCUT2D eigenvalue weighted by atomic mass is 32.2. The van der Waals surface area contributed by atoms with Crippen LogP contribution in [0.3, 0.4) is 0 Å². The van der Waals surface area contributed by atoms with Crippen molar-refractivity contribution in [3.05, 3.63) is 23.8 Å². The zero-order valence-electron chi connectivity index (χ0n) is 9.83. The van der Waals surface area contributed by atoms with Crippen LogP contribution >= 0.6 is 11.8 Å². The maximum absolute atomic E-state index is 12.7. The van der Waals surface area contributed by atoms with Crippen LogP contribution in [0.15, 0.2) is 23.1 Å². The fourth-order valence-electron chi connectivity index (χ4n) is 1.90. The summed E-state index contributed by atoms with van der Waals surface area (Å²) in [5.41, 5.74) is 4.36. The van der Waals surface area contributed by atoms with Crippen LogP contribution in [-0.4, -0.2) is 18.0 Å². The van der Waals surface area contributed by atoms with Crippen molar-refractivity contribution in [1.82, 2.24) is 0 Å². The molecule has 6 heteroatoms. The van der Waals surface area contributed by atoms with E-state index >= 15 is 0 Å². The van der Waals surface area contributed by atoms with E-state index in [1.807, 2.05) is 6.92 Å². The van der Waals surface area contributed by atoms with E-state index in [9.17, 15) is 13.2 Å². The number of ether oxygens (including phenoxy) is 1. The van der Waals surface area contributed by atoms with Crippen LogP contribution in [-0.2, 0) is 10.9 Å². The van der Waals surface area contributed by atoms with Gasteiger partial charge >= 0.3 is 6.18 Å². The molecule has 0 aromatic heterocycles. The standard InChI is InChI=1S/C12H14F3NOS/c1-7-11(4-5-17-7)18-8-2-3-10(16)9(6-8)12(13,14)15/h2-3,6-7,11H,4-5,16H2,1H3. The molecule has 18 heavy (non-hydrogen) atoms. The second-order valence-corrected chi connectivity index (χ2v) is 5.58. The van der Waals surface area contributed by atoms with Gasteiger partial charge in [0.1, 0.15) is 0 Å². The Labute approximate surface area is 108 Å². The Hall–Kier alpha value is -0.880. The van der Waals surface area contributed by atoms with E-state index in [4.69, 9.17) is 10.5 Å². The zero-order valence-corrected chi connectivity index (χ0v) is 10.6. The molecule has 0 aliphatic carbocycles. The highest BCUT2D eigenvalue weighted by Gasteiger charge is 2.33. The number of benzene rings is 1. The molecule has 100 valence electrons. The average Bonchev–Trinajstić information content (AvgIpc) is 2.66. The summed E-state index contributed by atoms with van der Waals surface area (Å²) in [5.74, 6) is 0. The smallest absolute Gasteiger partial charge is 0.398 e. The maximum atomic E-state index is 12.7. The van der Waals surface area contributed by atoms with Crippen LogP contribution in [0, 0.1) is 0 Å². The Balaban J connectivity index is 2.19. The van der Waals surface area contributed by atoms with Crippen LogP contribution in [0.4, 0.5) is 18.9 Å². The molecule has 0 bridgehead atoms. The molecule has 2 unspecified atom stereocenters. The largest absolute Gasteiger partial charge is 0.418 e. The van der Waals surface area contributed by atoms with Gasteiger partial charge in [0.25, 0.3) is 0 Å². The van der Waals surface area contributed by atoms with Crippen LogP contribution in [0.25, 0.3) is 0 Å². The molecule has 0 spiro atoms. The fraction of sp³-hybridized carbons (Fsp3) is 0.500. The summed E-state index contributed by atoms with van der Waals surface area (Å²) >= 11 is 1.42. The SMILES string of the molecule is CC1OCCC1Sc1ccc(N)c(C(F)(F)F)c1. The average molecular weight is 277 g/mol. The summed E-state index contributed by atoms with van der Waals surface area (Å²) in [6.45, 7) is 2.60. The van der Waals surface area contributed by atoms with E-state index in [0.29, 0.717) is 11.5 Å². The molecule has 2 rings (SSSR count). The van der Waals surface area contributed by atoms with Crippen molar-refractivity contribution in [2.24, 2.45) is 0 Å². The predicted octanol–water partition coefficient (Wildman–Crippen LogP) is 3.56. The molecule has 1 aromatic rings. The molecule has 2 atom stereocenters. The van der Waals surface area contributed by atoms with Gasteiger partial charge < -0.3 is 10.5 Å². The van der Waals surface area contributed by atoms with Crippen molar-refractivity contribution in [1.29, 1.82) is 0 Å². The predicted molar refractivity (Wildman–Crippen MR) is 65.5 cm³/mol. The molecular weight excluding hydrogens is 263 g/mol. The van der Waals surface area contributed by atoms with Crippen molar-refractivity contribution in [3.8, 4) is 0 Å². The Morgan fingerprint density at radius 2 is 2.11 bits per heavy atom. The molecule has 2 nitrogen and oxygen atoms in total. The lowest BCUT2D eigenvalue weighted by molar-refractivity contribution is -0.137. The Kier molecular flexibility index (Phi) is 3.77. The van der Waals surface area contributed by atoms with E-state index in [2.05, 4.69) is 0 Å². The lowest BCUT2D eigenvalue weighted by Gasteiger charge is -2.16. The number of hydrogen-bond acceptors (Lipinski definition) is 3. The molecule has 2 N–H and O–H groups in total. The normalized spacial score (nSPS) is 24.4. The van der Waals surface area contributed by atoms with E-state index < -0.39 is 11.7 Å². The summed E-state index contributed by atoms with van der Waals surface area (Å²) in [5, 5.41) is 0.203. The quantitative estimate of drug-likeness (QED) is 0.840. The Morgan fingerprint density at radius 3 is 2.67 bits per heavy atom. The third-order valence-corrected chi connectivity index (χ3v) is 4.37. The van der Waals surface area contributed by atoms with E-state index in [1.54, 1.807) is 6.07 Å². The maximum Gasteiger partial charge on any atom is 0.418 e. The number of nitrogens with two attached hydrogens (primary N) is 1. The van der Waals surface area contributed by atoms with Gasteiger partial charge in [-0.1, -0.05) is 0 Å². The van der Waals surface area contributed by atoms with E-state index in [1.165, 1.54) is 17.8 Å². The first kappa shape index (κ1) is 13.5. The summed E-state index contributed by atoms with van der Waals surface area (Å²) < 4.78 is 43.5. The molecule has 0 saturated carbocycles. The summed E-state index contributed by atoms with van der Waals surface area (Å²) in [6, 6.07) is 4.05. The van der Waals surface area contributed by atoms with E-state index in [-0.39, 0.29) is 17.0 Å². The second kappa shape index (κ2) is 5.01. The number of nitrogen functional groups attached to an aromatic ring is 1. The Bertz CT molecular complexity index is 436. The first-order valence-electron chi connectivity index (χ1n) is 5.63. The Morgan fingerprint density at radius 1 is 1.39 bits per heavy atom. The molecule has 1 heterocycles. The van der Waals surface area contributed by atoms with Gasteiger partial charge in [0.05, 0.1) is 11.7 Å². The van der Waals surface area contributed by atoms with Gasteiger partial charge in [0, 0.05) is 22.4 Å². The minimum atomic E-state index is -4.40. The molecule has 1 saturated heterocycles. The fourth-order valence-corrected chi connectivity index (χ4v) is 3.06. The van der Waals surface area contributed by atoms with Gasteiger partial charge in [0.15, 0.2) is 0 Å². The highest BCUT2D eigenvalue weighted by molar-refractivity contribution is 8.00. The van der Waals surface area contributed by atoms with Gasteiger partial charge in [-0.25, -0.2) is 0 Å². The van der Waals surface area contributed by atoms with Gasteiger partial charge in [-0.3, -0.25) is 0 Å². The van der Waals surface area contributed by atoms with Crippen molar-refractivity contribution in [3.63, 3.8) is 0 Å². The monoisotopic (exact) mass is 277 g/mol. The molecule has 1 aliphatic rings. The van der Waals surface area contributed by atoms with Crippen LogP contribution in [0.1, 0.15) is 18.9 Å². The first-order valence-corrected chi connectivity index (χ1v) is 6.51. The van der Waals surface area contributed by atoms with Crippen molar-refractivity contribution in [2.45, 2.75) is 35.8 Å². The number of hydrogen-bond donors (Lipinski definition) is 1. The number of thioether (sulfide) groups is 1. The molecule has 1 aliphatic heterocycles. The van der Waals surface area contributed by atoms with Gasteiger partial charge in [0.2, 0.25) is 0 Å². The van der Waals surface area contributed by atoms with Crippen molar-refractivity contribution < 1.29 is 17.9 Å². The highest BCUT2D eigenvalue weighted by Crippen LogP contribution is 2.38. The minimum Gasteiger partial charge on any atom is -0.398 e. The van der Waals surface area contributed by atoms with Crippen LogP contribution < -0.4 is 5.73 Å². The minimum absolute atomic E-state index is 0.0712. The lowest BCUT2D eigenvalue weighted by Crippen LogP contribution is -2.13. The summed E-state index contributed by atoms with van der Waals surface area (Å²) in [7, 11) is 0. The number of halogens is 3. The number of alkyl halides is 3. The van der Waals surface area contributed by atoms with Crippen molar-refractivity contribution in [2.75, 3.05) is 12.3 Å². The first-order chi connectivity index (χ1) is 8.38. The van der Waals surface area contributed by atoms with Crippen LogP contribution in [0.5, 0.6) is 0 Å². The number of rotatable bonds is 2. The topological polar surface area (TPSA) is 35.2 Å². The van der Waals surface area contributed by atoms with Gasteiger partial charge in [-0.2, -0.15) is 13.2 Å². The molecule has 0 amide bonds. The number of anilines is 1. The van der Waals surface area contributed by atoms with Gasteiger partial charge in [-0.05, 0) is 31.5 Å². The zero-order chi connectivity index (χ0) is 13.3. The molecular formula is C12H14F3NOS. The third-order valence-electron chi connectivity index (χ3n) is 2.92. The third kappa shape index (κ3) is 2.92. The molecule has 1 fully saturated rings. The van der Waals surface area contributed by atoms with E-state index in [0.717, 1.165) is 12.5 Å². The van der Waals surface area contributed by atoms with Gasteiger partial charge in [-0.15, -0.1) is 11.8 Å².